The van der Waals surface area contributed by atoms with Gasteiger partial charge in [-0.2, -0.15) is 0 Å². The first-order valence-corrected chi connectivity index (χ1v) is 7.91. The number of aromatic amines is 1. The van der Waals surface area contributed by atoms with Crippen LogP contribution < -0.4 is 5.43 Å². The number of hydrogen-bond donors (Lipinski definition) is 1. The van der Waals surface area contributed by atoms with Crippen molar-refractivity contribution in [1.29, 1.82) is 0 Å². The Morgan fingerprint density at radius 2 is 1.75 bits per heavy atom. The van der Waals surface area contributed by atoms with E-state index in [-0.39, 0.29) is 17.0 Å². The molecule has 0 unspecified atom stereocenters. The number of hydrogen-bond acceptors (Lipinski definition) is 2. The van der Waals surface area contributed by atoms with E-state index in [1.807, 2.05) is 30.3 Å². The van der Waals surface area contributed by atoms with Gasteiger partial charge in [0.25, 0.3) is 5.91 Å². The minimum atomic E-state index is -0.245. The van der Waals surface area contributed by atoms with Gasteiger partial charge in [0.15, 0.2) is 5.43 Å². The van der Waals surface area contributed by atoms with E-state index in [0.717, 1.165) is 11.1 Å². The van der Waals surface area contributed by atoms with E-state index in [9.17, 15) is 9.59 Å². The number of aromatic nitrogens is 1. The van der Waals surface area contributed by atoms with Crippen LogP contribution in [-0.4, -0.2) is 29.9 Å². The van der Waals surface area contributed by atoms with Crippen LogP contribution in [0.3, 0.4) is 0 Å². The first-order chi connectivity index (χ1) is 11.4. The van der Waals surface area contributed by atoms with Crippen LogP contribution in [0.15, 0.2) is 47.3 Å². The van der Waals surface area contributed by atoms with Crippen molar-refractivity contribution in [3.05, 3.63) is 69.0 Å². The summed E-state index contributed by atoms with van der Waals surface area (Å²) in [7, 11) is 3.31. The number of halogens is 1. The van der Waals surface area contributed by atoms with E-state index in [4.69, 9.17) is 11.6 Å². The van der Waals surface area contributed by atoms with Gasteiger partial charge in [-0.3, -0.25) is 9.59 Å². The van der Waals surface area contributed by atoms with Crippen molar-refractivity contribution in [3.8, 4) is 11.1 Å². The molecule has 0 atom stereocenters. The lowest BCUT2D eigenvalue weighted by Crippen LogP contribution is -2.26. The number of H-pyrrole nitrogens is 1. The second kappa shape index (κ2) is 6.13. The molecule has 1 heterocycles. The number of carbonyl (C=O) groups is 1. The van der Waals surface area contributed by atoms with Crippen LogP contribution in [0.5, 0.6) is 0 Å². The molecule has 0 aliphatic rings. The smallest absolute Gasteiger partial charge is 0.270 e. The Morgan fingerprint density at radius 3 is 2.38 bits per heavy atom. The Hall–Kier alpha value is -2.59. The minimum Gasteiger partial charge on any atom is -0.350 e. The number of nitrogens with zero attached hydrogens (tertiary/aromatic N) is 1. The zero-order chi connectivity index (χ0) is 17.4. The summed E-state index contributed by atoms with van der Waals surface area (Å²) in [4.78, 5) is 29.7. The summed E-state index contributed by atoms with van der Waals surface area (Å²) in [6.07, 6.45) is 0. The highest BCUT2D eigenvalue weighted by molar-refractivity contribution is 6.35. The second-order valence-electron chi connectivity index (χ2n) is 5.86. The third-order valence-electron chi connectivity index (χ3n) is 4.05. The highest BCUT2D eigenvalue weighted by Crippen LogP contribution is 2.33. The van der Waals surface area contributed by atoms with E-state index in [1.165, 1.54) is 4.90 Å². The van der Waals surface area contributed by atoms with Crippen molar-refractivity contribution in [3.63, 3.8) is 0 Å². The molecule has 1 N–H and O–H groups in total. The number of rotatable bonds is 2. The number of pyridine rings is 1. The molecular weight excluding hydrogens is 324 g/mol. The lowest BCUT2D eigenvalue weighted by atomic mass is 10.00. The number of carbonyl (C=O) groups excluding carboxylic acids is 1. The summed E-state index contributed by atoms with van der Waals surface area (Å²) in [6, 6.07) is 13.0. The topological polar surface area (TPSA) is 53.2 Å². The second-order valence-corrected chi connectivity index (χ2v) is 6.27. The third kappa shape index (κ3) is 2.59. The molecule has 4 nitrogen and oxygen atoms in total. The molecule has 0 saturated heterocycles. The summed E-state index contributed by atoms with van der Waals surface area (Å²) in [5.74, 6) is -0.245. The normalized spacial score (nSPS) is 10.8. The quantitative estimate of drug-likeness (QED) is 0.770. The van der Waals surface area contributed by atoms with Gasteiger partial charge < -0.3 is 9.88 Å². The van der Waals surface area contributed by atoms with E-state index >= 15 is 0 Å². The highest BCUT2D eigenvalue weighted by atomic mass is 35.5. The first kappa shape index (κ1) is 16.3. The molecule has 1 aromatic heterocycles. The Kier molecular flexibility index (Phi) is 4.16. The molecule has 1 amide bonds. The lowest BCUT2D eigenvalue weighted by molar-refractivity contribution is 0.0821. The molecule has 0 aliphatic carbocycles. The molecule has 2 aromatic carbocycles. The summed E-state index contributed by atoms with van der Waals surface area (Å²) >= 11 is 6.41. The molecule has 0 radical (unpaired) electrons. The van der Waals surface area contributed by atoms with Crippen LogP contribution in [0.25, 0.3) is 22.0 Å². The summed E-state index contributed by atoms with van der Waals surface area (Å²) in [6.45, 7) is 1.66. The van der Waals surface area contributed by atoms with Gasteiger partial charge >= 0.3 is 0 Å². The molecule has 3 aromatic rings. The number of amides is 1. The van der Waals surface area contributed by atoms with E-state index in [0.29, 0.717) is 21.5 Å². The van der Waals surface area contributed by atoms with E-state index < -0.39 is 0 Å². The zero-order valence-electron chi connectivity index (χ0n) is 13.7. The van der Waals surface area contributed by atoms with Gasteiger partial charge in [0.2, 0.25) is 0 Å². The summed E-state index contributed by atoms with van der Waals surface area (Å²) < 4.78 is 0. The molecular formula is C19H17ClN2O2. The molecule has 0 spiro atoms. The molecule has 0 fully saturated rings. The summed E-state index contributed by atoms with van der Waals surface area (Å²) in [5, 5.41) is 1.04. The van der Waals surface area contributed by atoms with Crippen LogP contribution in [0.2, 0.25) is 5.02 Å². The Morgan fingerprint density at radius 1 is 1.08 bits per heavy atom. The Bertz CT molecular complexity index is 992. The number of benzene rings is 2. The average molecular weight is 341 g/mol. The van der Waals surface area contributed by atoms with Crippen molar-refractivity contribution in [1.82, 2.24) is 9.88 Å². The van der Waals surface area contributed by atoms with Crippen molar-refractivity contribution >= 4 is 28.4 Å². The fourth-order valence-electron chi connectivity index (χ4n) is 2.76. The van der Waals surface area contributed by atoms with Gasteiger partial charge in [-0.05, 0) is 24.6 Å². The van der Waals surface area contributed by atoms with Gasteiger partial charge in [0, 0.05) is 30.6 Å². The minimum absolute atomic E-state index is 0.164. The fraction of sp³-hybridized carbons (Fsp3) is 0.158. The van der Waals surface area contributed by atoms with Crippen molar-refractivity contribution in [2.75, 3.05) is 14.1 Å². The molecule has 0 aliphatic heterocycles. The van der Waals surface area contributed by atoms with E-state index in [1.54, 1.807) is 33.2 Å². The predicted octanol–water partition coefficient (Wildman–Crippen LogP) is 3.86. The predicted molar refractivity (Wildman–Crippen MR) is 97.8 cm³/mol. The summed E-state index contributed by atoms with van der Waals surface area (Å²) in [5.41, 5.74) is 2.72. The maximum atomic E-state index is 12.7. The molecule has 5 heteroatoms. The first-order valence-electron chi connectivity index (χ1n) is 7.54. The van der Waals surface area contributed by atoms with Crippen LogP contribution >= 0.6 is 11.6 Å². The van der Waals surface area contributed by atoms with Gasteiger partial charge in [0.1, 0.15) is 5.69 Å². The van der Waals surface area contributed by atoms with Crippen molar-refractivity contribution in [2.45, 2.75) is 6.92 Å². The highest BCUT2D eigenvalue weighted by Gasteiger charge is 2.19. The van der Waals surface area contributed by atoms with Gasteiger partial charge in [0.05, 0.1) is 10.5 Å². The number of fused-ring (bicyclic) bond motifs is 1. The van der Waals surface area contributed by atoms with Gasteiger partial charge in [-0.15, -0.1) is 0 Å². The third-order valence-corrected chi connectivity index (χ3v) is 4.36. The van der Waals surface area contributed by atoms with E-state index in [2.05, 4.69) is 4.98 Å². The largest absolute Gasteiger partial charge is 0.350 e. The molecule has 0 saturated carbocycles. The zero-order valence-corrected chi connectivity index (χ0v) is 14.4. The fourth-order valence-corrected chi connectivity index (χ4v) is 3.02. The molecule has 122 valence electrons. The maximum Gasteiger partial charge on any atom is 0.270 e. The Labute approximate surface area is 144 Å². The van der Waals surface area contributed by atoms with Crippen molar-refractivity contribution in [2.24, 2.45) is 0 Å². The molecule has 24 heavy (non-hydrogen) atoms. The van der Waals surface area contributed by atoms with Gasteiger partial charge in [-0.25, -0.2) is 0 Å². The van der Waals surface area contributed by atoms with Crippen molar-refractivity contribution < 1.29 is 4.79 Å². The maximum absolute atomic E-state index is 12.7. The Balaban J connectivity index is 2.44. The standard InChI is InChI=1S/C19H17ClN2O2/c1-11-16(19(24)22(2)3)21-17-13(18(11)23)9-10-14(20)15(17)12-7-5-4-6-8-12/h4-10H,1-3H3,(H,21,23). The van der Waals surface area contributed by atoms with Gasteiger partial charge in [-0.1, -0.05) is 41.9 Å². The lowest BCUT2D eigenvalue weighted by Gasteiger charge is -2.15. The van der Waals surface area contributed by atoms with Crippen LogP contribution in [-0.2, 0) is 0 Å². The molecule has 0 bridgehead atoms. The average Bonchev–Trinajstić information content (AvgIpc) is 2.58. The molecule has 3 rings (SSSR count). The van der Waals surface area contributed by atoms with Crippen LogP contribution in [0.1, 0.15) is 16.1 Å². The number of nitrogens with one attached hydrogen (secondary N) is 1. The SMILES string of the molecule is Cc1c(C(=O)N(C)C)[nH]c2c(-c3ccccc3)c(Cl)ccc2c1=O. The van der Waals surface area contributed by atoms with Crippen LogP contribution in [0, 0.1) is 6.92 Å². The van der Waals surface area contributed by atoms with Crippen LogP contribution in [0.4, 0.5) is 0 Å². The monoisotopic (exact) mass is 340 g/mol.